The van der Waals surface area contributed by atoms with Crippen molar-refractivity contribution in [2.24, 2.45) is 0 Å². The summed E-state index contributed by atoms with van der Waals surface area (Å²) < 4.78 is 108. The number of hydrogen-bond donors (Lipinski definition) is 1. The molecule has 0 N–H and O–H groups in total. The maximum atomic E-state index is 12.7. The molecule has 0 saturated heterocycles. The molecule has 0 aliphatic carbocycles. The zero-order chi connectivity index (χ0) is 52.7. The molecule has 0 spiro atoms. The zero-order valence-corrected chi connectivity index (χ0v) is 42.8. The lowest BCUT2D eigenvalue weighted by Crippen LogP contribution is -2.16. The maximum absolute atomic E-state index is 12.7. The molecule has 386 valence electrons. The van der Waals surface area contributed by atoms with E-state index in [-0.39, 0.29) is 51.2 Å². The molecule has 0 amide bonds. The fourth-order valence-corrected chi connectivity index (χ4v) is 7.93. The number of hydrogen-bond acceptors (Lipinski definition) is 10. The van der Waals surface area contributed by atoms with Gasteiger partial charge in [-0.25, -0.2) is 0 Å². The zero-order valence-electron chi connectivity index (χ0n) is 41.1. The van der Waals surface area contributed by atoms with Gasteiger partial charge in [0, 0.05) is 28.9 Å². The molecule has 0 atom stereocenters. The minimum Gasteiger partial charge on any atom is -0.489 e. The van der Waals surface area contributed by atoms with Crippen LogP contribution in [0.15, 0.2) is 142 Å². The van der Waals surface area contributed by atoms with Crippen LogP contribution in [0, 0.1) is 13.8 Å². The first-order valence-electron chi connectivity index (χ1n) is 23.0. The molecule has 6 aromatic rings. The van der Waals surface area contributed by atoms with Crippen LogP contribution < -0.4 is 18.9 Å². The molecule has 0 saturated carbocycles. The number of methoxy groups -OCH3 is 2. The molecular weight excluding hydrogens is 979 g/mol. The smallest absolute Gasteiger partial charge is 0.416 e. The van der Waals surface area contributed by atoms with E-state index < -0.39 is 23.5 Å². The predicted molar refractivity (Wildman–Crippen MR) is 271 cm³/mol. The van der Waals surface area contributed by atoms with Crippen LogP contribution in [0.4, 0.5) is 26.3 Å². The molecule has 0 unspecified atom stereocenters. The number of ketones is 2. The molecule has 0 heterocycles. The SMILES string of the molecule is CCCc1cc(S)ccc1OCC(=O)COC.CCCc1cc(Sc2ccc(OCc3ccc(C(F)(F)F)cc3)c(C)c2)ccc1OCC(=O)COC.Cc1ccccc1OCc1ccc(C(F)(F)F)cc1. The first-order chi connectivity index (χ1) is 34.3. The highest BCUT2D eigenvalue weighted by Crippen LogP contribution is 2.35. The van der Waals surface area contributed by atoms with Crippen molar-refractivity contribution in [1.82, 2.24) is 0 Å². The van der Waals surface area contributed by atoms with Crippen molar-refractivity contribution in [1.29, 1.82) is 0 Å². The molecule has 0 aliphatic heterocycles. The van der Waals surface area contributed by atoms with E-state index in [1.54, 1.807) is 11.8 Å². The number of Topliss-reactive ketones (excluding diaryl/α,β-unsaturated/α-hetero) is 2. The molecule has 72 heavy (non-hydrogen) atoms. The number of rotatable bonds is 22. The summed E-state index contributed by atoms with van der Waals surface area (Å²) in [5.41, 5.74) is 4.10. The van der Waals surface area contributed by atoms with E-state index in [0.29, 0.717) is 22.6 Å². The van der Waals surface area contributed by atoms with Gasteiger partial charge in [0.15, 0.2) is 11.6 Å². The molecule has 0 bridgehead atoms. The van der Waals surface area contributed by atoms with E-state index in [1.807, 2.05) is 86.6 Å². The summed E-state index contributed by atoms with van der Waals surface area (Å²) in [5.74, 6) is 2.69. The van der Waals surface area contributed by atoms with Gasteiger partial charge in [0.25, 0.3) is 0 Å². The maximum Gasteiger partial charge on any atom is 0.416 e. The van der Waals surface area contributed by atoms with E-state index in [0.717, 1.165) is 98.4 Å². The fourth-order valence-electron chi connectivity index (χ4n) is 6.72. The predicted octanol–water partition coefficient (Wildman–Crippen LogP) is 14.4. The van der Waals surface area contributed by atoms with Crippen LogP contribution in [-0.4, -0.2) is 52.2 Å². The Labute approximate surface area is 427 Å². The van der Waals surface area contributed by atoms with Crippen molar-refractivity contribution in [2.75, 3.05) is 40.6 Å². The van der Waals surface area contributed by atoms with Gasteiger partial charge >= 0.3 is 12.4 Å². The number of halogens is 6. The van der Waals surface area contributed by atoms with Gasteiger partial charge < -0.3 is 28.4 Å². The largest absolute Gasteiger partial charge is 0.489 e. The number of alkyl halides is 6. The first kappa shape index (κ1) is 58.6. The van der Waals surface area contributed by atoms with Gasteiger partial charge in [0.05, 0.1) is 11.1 Å². The number of carbonyl (C=O) groups excluding carboxylic acids is 2. The summed E-state index contributed by atoms with van der Waals surface area (Å²) in [5, 5.41) is 0. The van der Waals surface area contributed by atoms with E-state index in [2.05, 4.69) is 32.5 Å². The van der Waals surface area contributed by atoms with Crippen LogP contribution in [0.3, 0.4) is 0 Å². The topological polar surface area (TPSA) is 89.5 Å². The number of benzene rings is 6. The normalized spacial score (nSPS) is 11.1. The van der Waals surface area contributed by atoms with Crippen molar-refractivity contribution in [3.05, 3.63) is 172 Å². The summed E-state index contributed by atoms with van der Waals surface area (Å²) in [6.07, 6.45) is -4.92. The number of aryl methyl sites for hydroxylation is 4. The molecule has 0 radical (unpaired) electrons. The van der Waals surface area contributed by atoms with Crippen LogP contribution in [0.5, 0.6) is 23.0 Å². The second-order valence-corrected chi connectivity index (χ2v) is 18.0. The highest BCUT2D eigenvalue weighted by Gasteiger charge is 2.30. The van der Waals surface area contributed by atoms with Crippen molar-refractivity contribution in [3.63, 3.8) is 0 Å². The highest BCUT2D eigenvalue weighted by atomic mass is 32.2. The van der Waals surface area contributed by atoms with Crippen molar-refractivity contribution in [2.45, 2.75) is 93.6 Å². The highest BCUT2D eigenvalue weighted by molar-refractivity contribution is 7.99. The molecule has 0 aliphatic rings. The second kappa shape index (κ2) is 29.5. The molecule has 0 aromatic heterocycles. The number of ether oxygens (including phenoxy) is 6. The standard InChI is InChI=1S/C28H29F3O4S.C15H13F3O.C13H18O3S/c1-4-5-21-15-25(11-13-27(21)35-18-23(32)17-33-3)36-24-10-12-26(19(2)14-24)34-16-20-6-8-22(9-7-20)28(29,30)31;1-11-4-2-3-5-14(11)19-10-12-6-8-13(9-7-12)15(16,17)18;1-3-4-10-7-12(17)5-6-13(10)16-9-11(14)8-15-2/h6-15H,4-5,16-18H2,1-3H3;2-9H,10H2,1H3;5-7,17H,3-4,8-9H2,1-2H3. The van der Waals surface area contributed by atoms with E-state index >= 15 is 0 Å². The first-order valence-corrected chi connectivity index (χ1v) is 24.2. The van der Waals surface area contributed by atoms with Crippen LogP contribution in [-0.2, 0) is 57.5 Å². The number of carbonyl (C=O) groups is 2. The fraction of sp³-hybridized carbons (Fsp3) is 0.321. The lowest BCUT2D eigenvalue weighted by atomic mass is 10.1. The molecule has 8 nitrogen and oxygen atoms in total. The molecule has 16 heteroatoms. The Kier molecular flexibility index (Phi) is 24.1. The van der Waals surface area contributed by atoms with Crippen molar-refractivity contribution in [3.8, 4) is 23.0 Å². The summed E-state index contributed by atoms with van der Waals surface area (Å²) in [6, 6.07) is 34.9. The lowest BCUT2D eigenvalue weighted by Gasteiger charge is -2.14. The Morgan fingerprint density at radius 3 is 1.38 bits per heavy atom. The van der Waals surface area contributed by atoms with E-state index in [9.17, 15) is 35.9 Å². The lowest BCUT2D eigenvalue weighted by molar-refractivity contribution is -0.138. The third-order valence-corrected chi connectivity index (χ3v) is 11.6. The van der Waals surface area contributed by atoms with Gasteiger partial charge in [-0.05, 0) is 145 Å². The van der Waals surface area contributed by atoms with Gasteiger partial charge in [0.1, 0.15) is 62.6 Å². The summed E-state index contributed by atoms with van der Waals surface area (Å²) >= 11 is 5.90. The molecule has 0 fully saturated rings. The Balaban J connectivity index is 0.000000261. The van der Waals surface area contributed by atoms with E-state index in [4.69, 9.17) is 28.4 Å². The monoisotopic (exact) mass is 1040 g/mol. The van der Waals surface area contributed by atoms with Gasteiger partial charge in [-0.1, -0.05) is 80.9 Å². The molecule has 6 rings (SSSR count). The summed E-state index contributed by atoms with van der Waals surface area (Å²) in [4.78, 5) is 26.0. The quantitative estimate of drug-likeness (QED) is 0.0527. The van der Waals surface area contributed by atoms with Gasteiger partial charge in [-0.2, -0.15) is 26.3 Å². The Morgan fingerprint density at radius 1 is 0.500 bits per heavy atom. The molecule has 6 aromatic carbocycles. The minimum atomic E-state index is -4.35. The van der Waals surface area contributed by atoms with Crippen molar-refractivity contribution >= 4 is 36.0 Å². The van der Waals surface area contributed by atoms with Crippen LogP contribution in [0.1, 0.15) is 71.2 Å². The Bertz CT molecular complexity index is 2620. The van der Waals surface area contributed by atoms with Gasteiger partial charge in [-0.15, -0.1) is 12.6 Å². The third kappa shape index (κ3) is 20.3. The van der Waals surface area contributed by atoms with Crippen LogP contribution >= 0.6 is 24.4 Å². The summed E-state index contributed by atoms with van der Waals surface area (Å²) in [6.45, 7) is 8.63. The third-order valence-electron chi connectivity index (χ3n) is 10.3. The van der Waals surface area contributed by atoms with E-state index in [1.165, 1.54) is 38.5 Å². The molecular formula is C56H60F6O8S2. The number of thiol groups is 1. The second-order valence-electron chi connectivity index (χ2n) is 16.3. The van der Waals surface area contributed by atoms with Gasteiger partial charge in [0.2, 0.25) is 0 Å². The Hall–Kier alpha value is -5.94. The van der Waals surface area contributed by atoms with Gasteiger partial charge in [-0.3, -0.25) is 9.59 Å². The van der Waals surface area contributed by atoms with Crippen molar-refractivity contribution < 1.29 is 64.4 Å². The minimum absolute atomic E-state index is 0.0236. The summed E-state index contributed by atoms with van der Waals surface area (Å²) in [7, 11) is 2.97. The Morgan fingerprint density at radius 2 is 0.931 bits per heavy atom. The average Bonchev–Trinajstić information content (AvgIpc) is 3.33. The number of para-hydroxylation sites is 1. The average molecular weight is 1040 g/mol. The van der Waals surface area contributed by atoms with Crippen LogP contribution in [0.2, 0.25) is 0 Å². The van der Waals surface area contributed by atoms with Crippen LogP contribution in [0.25, 0.3) is 0 Å².